The molecule has 19 heavy (non-hydrogen) atoms. The van der Waals surface area contributed by atoms with Crippen LogP contribution in [-0.4, -0.2) is 22.4 Å². The average Bonchev–Trinajstić information content (AvgIpc) is 2.42. The van der Waals surface area contributed by atoms with Crippen LogP contribution in [0.4, 0.5) is 11.5 Å². The first kappa shape index (κ1) is 13.3. The minimum absolute atomic E-state index is 0.273. The Balaban J connectivity index is 2.14. The first-order valence-corrected chi connectivity index (χ1v) is 6.19. The van der Waals surface area contributed by atoms with Crippen molar-refractivity contribution in [1.29, 1.82) is 0 Å². The normalized spacial score (nSPS) is 10.0. The molecule has 98 valence electrons. The van der Waals surface area contributed by atoms with Gasteiger partial charge in [0.1, 0.15) is 5.82 Å². The molecular weight excluding hydrogens is 264 g/mol. The number of rotatable bonds is 4. The van der Waals surface area contributed by atoms with E-state index in [0.29, 0.717) is 28.6 Å². The summed E-state index contributed by atoms with van der Waals surface area (Å²) < 4.78 is 0. The van der Waals surface area contributed by atoms with E-state index in [1.165, 1.54) is 6.20 Å². The SMILES string of the molecule is CCNc1ncc(C(=O)Nc2cccnc2)cc1Cl. The van der Waals surface area contributed by atoms with Crippen LogP contribution in [0.25, 0.3) is 0 Å². The molecule has 2 heterocycles. The smallest absolute Gasteiger partial charge is 0.257 e. The summed E-state index contributed by atoms with van der Waals surface area (Å²) in [4.78, 5) is 20.0. The molecule has 0 radical (unpaired) electrons. The Labute approximate surface area is 116 Å². The summed E-state index contributed by atoms with van der Waals surface area (Å²) >= 11 is 6.04. The predicted molar refractivity (Wildman–Crippen MR) is 75.6 cm³/mol. The third kappa shape index (κ3) is 3.42. The molecule has 0 bridgehead atoms. The van der Waals surface area contributed by atoms with E-state index < -0.39 is 0 Å². The van der Waals surface area contributed by atoms with Gasteiger partial charge in [-0.05, 0) is 25.1 Å². The van der Waals surface area contributed by atoms with Gasteiger partial charge in [-0.25, -0.2) is 4.98 Å². The number of amides is 1. The minimum Gasteiger partial charge on any atom is -0.369 e. The van der Waals surface area contributed by atoms with Gasteiger partial charge < -0.3 is 10.6 Å². The fourth-order valence-corrected chi connectivity index (χ4v) is 1.73. The molecule has 2 rings (SSSR count). The standard InChI is InChI=1S/C13H13ClN4O/c1-2-16-12-11(14)6-9(7-17-12)13(19)18-10-4-3-5-15-8-10/h3-8H,2H2,1H3,(H,16,17)(H,18,19). The molecule has 0 saturated heterocycles. The highest BCUT2D eigenvalue weighted by Gasteiger charge is 2.09. The van der Waals surface area contributed by atoms with Crippen LogP contribution in [0, 0.1) is 0 Å². The monoisotopic (exact) mass is 276 g/mol. The Morgan fingerprint density at radius 3 is 2.89 bits per heavy atom. The van der Waals surface area contributed by atoms with Gasteiger partial charge in [-0.15, -0.1) is 0 Å². The molecule has 0 aromatic carbocycles. The minimum atomic E-state index is -0.273. The van der Waals surface area contributed by atoms with Crippen LogP contribution in [0.5, 0.6) is 0 Å². The Bertz CT molecular complexity index is 574. The molecule has 6 heteroatoms. The number of hydrogen-bond acceptors (Lipinski definition) is 4. The molecular formula is C13H13ClN4O. The van der Waals surface area contributed by atoms with Crippen LogP contribution >= 0.6 is 11.6 Å². The zero-order valence-electron chi connectivity index (χ0n) is 10.4. The highest BCUT2D eigenvalue weighted by Crippen LogP contribution is 2.20. The van der Waals surface area contributed by atoms with Crippen molar-refractivity contribution in [3.8, 4) is 0 Å². The molecule has 1 amide bonds. The number of halogens is 1. The van der Waals surface area contributed by atoms with E-state index in [4.69, 9.17) is 11.6 Å². The summed E-state index contributed by atoms with van der Waals surface area (Å²) in [6.45, 7) is 2.66. The van der Waals surface area contributed by atoms with Crippen molar-refractivity contribution in [1.82, 2.24) is 9.97 Å². The quantitative estimate of drug-likeness (QED) is 0.901. The van der Waals surface area contributed by atoms with Crippen LogP contribution in [-0.2, 0) is 0 Å². The van der Waals surface area contributed by atoms with Crippen molar-refractivity contribution in [3.63, 3.8) is 0 Å². The second-order valence-electron chi connectivity index (χ2n) is 3.78. The van der Waals surface area contributed by atoms with E-state index in [9.17, 15) is 4.79 Å². The van der Waals surface area contributed by atoms with Gasteiger partial charge >= 0.3 is 0 Å². The first-order valence-electron chi connectivity index (χ1n) is 5.81. The van der Waals surface area contributed by atoms with Crippen LogP contribution in [0.1, 0.15) is 17.3 Å². The molecule has 0 aliphatic heterocycles. The van der Waals surface area contributed by atoms with Gasteiger partial charge in [0, 0.05) is 18.9 Å². The van der Waals surface area contributed by atoms with Gasteiger partial charge in [-0.1, -0.05) is 11.6 Å². The Morgan fingerprint density at radius 2 is 2.26 bits per heavy atom. The zero-order valence-corrected chi connectivity index (χ0v) is 11.1. The molecule has 0 fully saturated rings. The average molecular weight is 277 g/mol. The molecule has 2 aromatic heterocycles. The molecule has 0 spiro atoms. The van der Waals surface area contributed by atoms with Crippen LogP contribution < -0.4 is 10.6 Å². The molecule has 2 aromatic rings. The highest BCUT2D eigenvalue weighted by atomic mass is 35.5. The molecule has 0 aliphatic carbocycles. The van der Waals surface area contributed by atoms with Crippen molar-refractivity contribution in [2.75, 3.05) is 17.2 Å². The molecule has 0 atom stereocenters. The van der Waals surface area contributed by atoms with E-state index in [1.54, 1.807) is 30.6 Å². The number of anilines is 2. The molecule has 0 aliphatic rings. The Kier molecular flexibility index (Phi) is 4.30. The van der Waals surface area contributed by atoms with E-state index in [1.807, 2.05) is 6.92 Å². The maximum absolute atomic E-state index is 12.0. The summed E-state index contributed by atoms with van der Waals surface area (Å²) in [5.41, 5.74) is 1.02. The van der Waals surface area contributed by atoms with Crippen LogP contribution in [0.2, 0.25) is 5.02 Å². The fourth-order valence-electron chi connectivity index (χ4n) is 1.50. The number of carbonyl (C=O) groups is 1. The summed E-state index contributed by atoms with van der Waals surface area (Å²) in [6.07, 6.45) is 4.69. The Hall–Kier alpha value is -2.14. The van der Waals surface area contributed by atoms with Crippen molar-refractivity contribution < 1.29 is 4.79 Å². The van der Waals surface area contributed by atoms with Gasteiger partial charge in [-0.2, -0.15) is 0 Å². The van der Waals surface area contributed by atoms with E-state index in [0.717, 1.165) is 0 Å². The maximum atomic E-state index is 12.0. The lowest BCUT2D eigenvalue weighted by Crippen LogP contribution is -2.13. The van der Waals surface area contributed by atoms with E-state index in [2.05, 4.69) is 20.6 Å². The van der Waals surface area contributed by atoms with Crippen LogP contribution in [0.15, 0.2) is 36.8 Å². The number of pyridine rings is 2. The largest absolute Gasteiger partial charge is 0.369 e. The number of nitrogens with one attached hydrogen (secondary N) is 2. The molecule has 0 unspecified atom stereocenters. The molecule has 2 N–H and O–H groups in total. The van der Waals surface area contributed by atoms with Gasteiger partial charge in [0.25, 0.3) is 5.91 Å². The third-order valence-electron chi connectivity index (χ3n) is 2.37. The lowest BCUT2D eigenvalue weighted by atomic mass is 10.2. The summed E-state index contributed by atoms with van der Waals surface area (Å²) in [6, 6.07) is 5.08. The third-order valence-corrected chi connectivity index (χ3v) is 2.66. The van der Waals surface area contributed by atoms with Gasteiger partial charge in [-0.3, -0.25) is 9.78 Å². The van der Waals surface area contributed by atoms with Crippen LogP contribution in [0.3, 0.4) is 0 Å². The number of aromatic nitrogens is 2. The maximum Gasteiger partial charge on any atom is 0.257 e. The van der Waals surface area contributed by atoms with Gasteiger partial charge in [0.15, 0.2) is 0 Å². The molecule has 0 saturated carbocycles. The second-order valence-corrected chi connectivity index (χ2v) is 4.19. The highest BCUT2D eigenvalue weighted by molar-refractivity contribution is 6.33. The number of nitrogens with zero attached hydrogens (tertiary/aromatic N) is 2. The predicted octanol–water partition coefficient (Wildman–Crippen LogP) is 2.81. The van der Waals surface area contributed by atoms with E-state index in [-0.39, 0.29) is 5.91 Å². The Morgan fingerprint density at radius 1 is 1.42 bits per heavy atom. The summed E-state index contributed by atoms with van der Waals surface area (Å²) in [7, 11) is 0. The first-order chi connectivity index (χ1) is 9.20. The fraction of sp³-hybridized carbons (Fsp3) is 0.154. The van der Waals surface area contributed by atoms with E-state index >= 15 is 0 Å². The van der Waals surface area contributed by atoms with Crippen molar-refractivity contribution >= 4 is 29.0 Å². The lowest BCUT2D eigenvalue weighted by molar-refractivity contribution is 0.102. The van der Waals surface area contributed by atoms with Crippen molar-refractivity contribution in [2.24, 2.45) is 0 Å². The van der Waals surface area contributed by atoms with Crippen molar-refractivity contribution in [2.45, 2.75) is 6.92 Å². The van der Waals surface area contributed by atoms with Gasteiger partial charge in [0.05, 0.1) is 22.5 Å². The van der Waals surface area contributed by atoms with Crippen molar-refractivity contribution in [3.05, 3.63) is 47.4 Å². The zero-order chi connectivity index (χ0) is 13.7. The number of carbonyl (C=O) groups excluding carboxylic acids is 1. The summed E-state index contributed by atoms with van der Waals surface area (Å²) in [5.74, 6) is 0.299. The molecule has 5 nitrogen and oxygen atoms in total. The summed E-state index contributed by atoms with van der Waals surface area (Å²) in [5, 5.41) is 6.14. The topological polar surface area (TPSA) is 66.9 Å². The van der Waals surface area contributed by atoms with Gasteiger partial charge in [0.2, 0.25) is 0 Å². The lowest BCUT2D eigenvalue weighted by Gasteiger charge is -2.07. The number of hydrogen-bond donors (Lipinski definition) is 2. The second kappa shape index (κ2) is 6.15.